The van der Waals surface area contributed by atoms with Crippen LogP contribution < -0.4 is 19.9 Å². The normalized spacial score (nSPS) is 11.9. The summed E-state index contributed by atoms with van der Waals surface area (Å²) in [6.07, 6.45) is 0. The van der Waals surface area contributed by atoms with Crippen LogP contribution >= 0.6 is 0 Å². The van der Waals surface area contributed by atoms with Gasteiger partial charge in [-0.1, -0.05) is 12.1 Å². The fraction of sp³-hybridized carbons (Fsp3) is 0.294. The third-order valence-electron chi connectivity index (χ3n) is 3.52. The number of hydrogen-bond donors (Lipinski definition) is 1. The molecule has 0 amide bonds. The Hall–Kier alpha value is -2.20. The quantitative estimate of drug-likeness (QED) is 0.918. The zero-order valence-corrected chi connectivity index (χ0v) is 12.8. The molecule has 2 rings (SSSR count). The van der Waals surface area contributed by atoms with Gasteiger partial charge in [0.2, 0.25) is 0 Å². The van der Waals surface area contributed by atoms with Crippen LogP contribution in [0.3, 0.4) is 0 Å². The van der Waals surface area contributed by atoms with Crippen molar-refractivity contribution in [3.63, 3.8) is 0 Å². The number of ether oxygens (including phenoxy) is 3. The van der Waals surface area contributed by atoms with Gasteiger partial charge in [-0.25, -0.2) is 0 Å². The third kappa shape index (κ3) is 3.28. The van der Waals surface area contributed by atoms with E-state index in [9.17, 15) is 0 Å². The maximum absolute atomic E-state index is 6.37. The minimum Gasteiger partial charge on any atom is -0.497 e. The van der Waals surface area contributed by atoms with Crippen molar-refractivity contribution >= 4 is 0 Å². The Morgan fingerprint density at radius 3 is 1.95 bits per heavy atom. The lowest BCUT2D eigenvalue weighted by molar-refractivity contribution is 0.393. The molecule has 0 radical (unpaired) electrons. The molecule has 4 heteroatoms. The third-order valence-corrected chi connectivity index (χ3v) is 3.52. The number of rotatable bonds is 5. The molecule has 0 aromatic heterocycles. The summed E-state index contributed by atoms with van der Waals surface area (Å²) in [6.45, 7) is 2.00. The summed E-state index contributed by atoms with van der Waals surface area (Å²) in [5, 5.41) is 0. The molecule has 0 saturated heterocycles. The summed E-state index contributed by atoms with van der Waals surface area (Å²) in [5.41, 5.74) is 9.36. The van der Waals surface area contributed by atoms with Crippen molar-refractivity contribution < 1.29 is 14.2 Å². The van der Waals surface area contributed by atoms with E-state index in [1.165, 1.54) is 0 Å². The van der Waals surface area contributed by atoms with Gasteiger partial charge in [0.1, 0.15) is 17.2 Å². The Morgan fingerprint density at radius 2 is 1.43 bits per heavy atom. The number of benzene rings is 2. The smallest absolute Gasteiger partial charge is 0.122 e. The lowest BCUT2D eigenvalue weighted by Gasteiger charge is -2.16. The average Bonchev–Trinajstić information content (AvgIpc) is 2.54. The van der Waals surface area contributed by atoms with Gasteiger partial charge in [-0.3, -0.25) is 0 Å². The van der Waals surface area contributed by atoms with E-state index in [4.69, 9.17) is 19.9 Å². The molecule has 0 heterocycles. The van der Waals surface area contributed by atoms with E-state index in [1.807, 2.05) is 43.3 Å². The lowest BCUT2D eigenvalue weighted by Crippen LogP contribution is -2.12. The molecular formula is C17H21NO3. The van der Waals surface area contributed by atoms with Crippen molar-refractivity contribution in [3.05, 3.63) is 53.1 Å². The monoisotopic (exact) mass is 287 g/mol. The van der Waals surface area contributed by atoms with Gasteiger partial charge in [0, 0.05) is 6.07 Å². The molecule has 0 fully saturated rings. The van der Waals surface area contributed by atoms with Gasteiger partial charge >= 0.3 is 0 Å². The Morgan fingerprint density at radius 1 is 0.810 bits per heavy atom. The maximum atomic E-state index is 6.37. The van der Waals surface area contributed by atoms with Crippen molar-refractivity contribution in [1.29, 1.82) is 0 Å². The van der Waals surface area contributed by atoms with Crippen LogP contribution in [0.5, 0.6) is 17.2 Å². The molecule has 0 aliphatic heterocycles. The zero-order chi connectivity index (χ0) is 15.4. The van der Waals surface area contributed by atoms with E-state index in [-0.39, 0.29) is 6.04 Å². The standard InChI is InChI=1S/C17H21NO3/c1-11-5-6-12(9-16(11)21-4)17(18)13-7-14(19-2)10-15(8-13)20-3/h5-10,17H,18H2,1-4H3. The van der Waals surface area contributed by atoms with E-state index in [0.29, 0.717) is 0 Å². The maximum Gasteiger partial charge on any atom is 0.122 e. The largest absolute Gasteiger partial charge is 0.497 e. The molecule has 1 unspecified atom stereocenters. The number of nitrogens with two attached hydrogens (primary N) is 1. The van der Waals surface area contributed by atoms with Crippen LogP contribution in [-0.2, 0) is 0 Å². The Labute approximate surface area is 125 Å². The fourth-order valence-corrected chi connectivity index (χ4v) is 2.23. The molecule has 2 aromatic carbocycles. The first kappa shape index (κ1) is 15.2. The van der Waals surface area contributed by atoms with Crippen molar-refractivity contribution in [3.8, 4) is 17.2 Å². The van der Waals surface area contributed by atoms with Crippen molar-refractivity contribution in [2.75, 3.05) is 21.3 Å². The van der Waals surface area contributed by atoms with E-state index in [2.05, 4.69) is 0 Å². The molecule has 2 aromatic rings. The molecule has 0 saturated carbocycles. The molecule has 0 aliphatic carbocycles. The van der Waals surface area contributed by atoms with Gasteiger partial charge in [-0.05, 0) is 41.8 Å². The van der Waals surface area contributed by atoms with Gasteiger partial charge in [-0.2, -0.15) is 0 Å². The Kier molecular flexibility index (Phi) is 4.70. The molecule has 2 N–H and O–H groups in total. The highest BCUT2D eigenvalue weighted by molar-refractivity contribution is 5.45. The molecular weight excluding hydrogens is 266 g/mol. The number of hydrogen-bond acceptors (Lipinski definition) is 4. The molecule has 112 valence electrons. The fourth-order valence-electron chi connectivity index (χ4n) is 2.23. The first-order chi connectivity index (χ1) is 10.1. The summed E-state index contributed by atoms with van der Waals surface area (Å²) in [5.74, 6) is 2.27. The van der Waals surface area contributed by atoms with Crippen LogP contribution in [0, 0.1) is 6.92 Å². The Balaban J connectivity index is 2.41. The van der Waals surface area contributed by atoms with E-state index < -0.39 is 0 Å². The van der Waals surface area contributed by atoms with E-state index in [1.54, 1.807) is 21.3 Å². The average molecular weight is 287 g/mol. The highest BCUT2D eigenvalue weighted by Crippen LogP contribution is 2.30. The molecule has 0 aliphatic rings. The first-order valence-corrected chi connectivity index (χ1v) is 6.72. The SMILES string of the molecule is COc1cc(OC)cc(C(N)c2ccc(C)c(OC)c2)c1. The highest BCUT2D eigenvalue weighted by Gasteiger charge is 2.13. The topological polar surface area (TPSA) is 53.7 Å². The molecule has 0 bridgehead atoms. The highest BCUT2D eigenvalue weighted by atomic mass is 16.5. The summed E-state index contributed by atoms with van der Waals surface area (Å²) in [4.78, 5) is 0. The molecule has 4 nitrogen and oxygen atoms in total. The van der Waals surface area contributed by atoms with Gasteiger partial charge in [0.05, 0.1) is 27.4 Å². The molecule has 21 heavy (non-hydrogen) atoms. The van der Waals surface area contributed by atoms with Gasteiger partial charge in [0.15, 0.2) is 0 Å². The summed E-state index contributed by atoms with van der Waals surface area (Å²) in [6, 6.07) is 11.4. The van der Waals surface area contributed by atoms with Crippen molar-refractivity contribution in [1.82, 2.24) is 0 Å². The van der Waals surface area contributed by atoms with E-state index >= 15 is 0 Å². The van der Waals surface area contributed by atoms with Gasteiger partial charge in [-0.15, -0.1) is 0 Å². The summed E-state index contributed by atoms with van der Waals surface area (Å²) >= 11 is 0. The lowest BCUT2D eigenvalue weighted by atomic mass is 9.98. The van der Waals surface area contributed by atoms with Crippen LogP contribution in [0.25, 0.3) is 0 Å². The first-order valence-electron chi connectivity index (χ1n) is 6.72. The van der Waals surface area contributed by atoms with Gasteiger partial charge < -0.3 is 19.9 Å². The van der Waals surface area contributed by atoms with Crippen LogP contribution in [0.2, 0.25) is 0 Å². The number of methoxy groups -OCH3 is 3. The summed E-state index contributed by atoms with van der Waals surface area (Å²) in [7, 11) is 4.91. The van der Waals surface area contributed by atoms with Crippen molar-refractivity contribution in [2.24, 2.45) is 5.73 Å². The van der Waals surface area contributed by atoms with Crippen LogP contribution in [0.4, 0.5) is 0 Å². The van der Waals surface area contributed by atoms with E-state index in [0.717, 1.165) is 33.9 Å². The van der Waals surface area contributed by atoms with Crippen LogP contribution in [0.1, 0.15) is 22.7 Å². The van der Waals surface area contributed by atoms with Crippen LogP contribution in [-0.4, -0.2) is 21.3 Å². The number of aryl methyl sites for hydroxylation is 1. The van der Waals surface area contributed by atoms with Gasteiger partial charge in [0.25, 0.3) is 0 Å². The molecule has 1 atom stereocenters. The predicted molar refractivity (Wildman–Crippen MR) is 83.3 cm³/mol. The summed E-state index contributed by atoms with van der Waals surface area (Å²) < 4.78 is 15.9. The minimum absolute atomic E-state index is 0.275. The Bertz CT molecular complexity index is 603. The molecule has 0 spiro atoms. The second-order valence-electron chi connectivity index (χ2n) is 4.85. The van der Waals surface area contributed by atoms with Crippen LogP contribution in [0.15, 0.2) is 36.4 Å². The second-order valence-corrected chi connectivity index (χ2v) is 4.85. The predicted octanol–water partition coefficient (Wildman–Crippen LogP) is 3.07. The van der Waals surface area contributed by atoms with Crippen molar-refractivity contribution in [2.45, 2.75) is 13.0 Å². The second kappa shape index (κ2) is 6.50. The zero-order valence-electron chi connectivity index (χ0n) is 12.8. The minimum atomic E-state index is -0.275.